The summed E-state index contributed by atoms with van der Waals surface area (Å²) in [5.41, 5.74) is 1.23. The van der Waals surface area contributed by atoms with E-state index in [4.69, 9.17) is 4.74 Å². The summed E-state index contributed by atoms with van der Waals surface area (Å²) in [6.07, 6.45) is 6.91. The first-order valence-corrected chi connectivity index (χ1v) is 9.94. The predicted octanol–water partition coefficient (Wildman–Crippen LogP) is 1.83. The summed E-state index contributed by atoms with van der Waals surface area (Å²) < 4.78 is 31.8. The first-order valence-electron chi connectivity index (χ1n) is 8.46. The molecule has 1 saturated heterocycles. The van der Waals surface area contributed by atoms with Gasteiger partial charge in [-0.25, -0.2) is 13.1 Å². The van der Waals surface area contributed by atoms with Crippen LogP contribution < -0.4 is 10.0 Å². The number of hydrogen-bond acceptors (Lipinski definition) is 4. The summed E-state index contributed by atoms with van der Waals surface area (Å²) in [6.45, 7) is 1.77. The van der Waals surface area contributed by atoms with Crippen molar-refractivity contribution in [2.45, 2.75) is 55.1 Å². The molecule has 1 aliphatic heterocycles. The predicted molar refractivity (Wildman–Crippen MR) is 90.0 cm³/mol. The van der Waals surface area contributed by atoms with Crippen LogP contribution in [0.1, 0.15) is 37.7 Å². The number of sulfonamides is 1. The van der Waals surface area contributed by atoms with Gasteiger partial charge < -0.3 is 10.1 Å². The minimum Gasteiger partial charge on any atom is -0.373 e. The SMILES string of the molecule is CNS(=O)(=O)c1ccc(CCNC2CCOC23CCCC3)cc1. The summed E-state index contributed by atoms with van der Waals surface area (Å²) in [5.74, 6) is 0. The van der Waals surface area contributed by atoms with Gasteiger partial charge in [0.05, 0.1) is 10.5 Å². The number of ether oxygens (including phenoxy) is 1. The fourth-order valence-electron chi connectivity index (χ4n) is 3.84. The molecule has 1 spiro atoms. The van der Waals surface area contributed by atoms with Gasteiger partial charge in [0.2, 0.25) is 10.0 Å². The van der Waals surface area contributed by atoms with E-state index in [-0.39, 0.29) is 5.60 Å². The molecule has 1 aromatic rings. The Morgan fingerprint density at radius 1 is 1.22 bits per heavy atom. The van der Waals surface area contributed by atoms with Crippen molar-refractivity contribution in [3.8, 4) is 0 Å². The lowest BCUT2D eigenvalue weighted by Gasteiger charge is -2.30. The van der Waals surface area contributed by atoms with Gasteiger partial charge >= 0.3 is 0 Å². The summed E-state index contributed by atoms with van der Waals surface area (Å²) in [4.78, 5) is 0.311. The molecule has 23 heavy (non-hydrogen) atoms. The Labute approximate surface area is 138 Å². The molecule has 1 unspecified atom stereocenters. The average molecular weight is 338 g/mol. The van der Waals surface area contributed by atoms with Crippen LogP contribution in [0.15, 0.2) is 29.2 Å². The molecule has 2 aliphatic rings. The lowest BCUT2D eigenvalue weighted by molar-refractivity contribution is -0.00440. The fraction of sp³-hybridized carbons (Fsp3) is 0.647. The van der Waals surface area contributed by atoms with E-state index < -0.39 is 10.0 Å². The van der Waals surface area contributed by atoms with Crippen LogP contribution in [0.25, 0.3) is 0 Å². The van der Waals surface area contributed by atoms with Gasteiger partial charge in [0.25, 0.3) is 0 Å². The largest absolute Gasteiger partial charge is 0.373 e. The third-order valence-corrected chi connectivity index (χ3v) is 6.62. The molecular formula is C17H26N2O3S. The Morgan fingerprint density at radius 2 is 1.91 bits per heavy atom. The number of nitrogens with one attached hydrogen (secondary N) is 2. The van der Waals surface area contributed by atoms with E-state index in [0.29, 0.717) is 10.9 Å². The molecule has 6 heteroatoms. The Bertz CT molecular complexity index is 616. The fourth-order valence-corrected chi connectivity index (χ4v) is 4.57. The molecule has 0 aromatic heterocycles. The first-order chi connectivity index (χ1) is 11.1. The Kier molecular flexibility index (Phi) is 5.06. The van der Waals surface area contributed by atoms with E-state index in [9.17, 15) is 8.42 Å². The van der Waals surface area contributed by atoms with E-state index in [1.54, 1.807) is 12.1 Å². The van der Waals surface area contributed by atoms with Crippen LogP contribution in [-0.4, -0.2) is 40.3 Å². The highest BCUT2D eigenvalue weighted by molar-refractivity contribution is 7.89. The minimum absolute atomic E-state index is 0.0880. The van der Waals surface area contributed by atoms with Crippen molar-refractivity contribution in [2.75, 3.05) is 20.2 Å². The zero-order valence-corrected chi connectivity index (χ0v) is 14.5. The Morgan fingerprint density at radius 3 is 2.57 bits per heavy atom. The van der Waals surface area contributed by atoms with Gasteiger partial charge in [-0.3, -0.25) is 0 Å². The van der Waals surface area contributed by atoms with Crippen LogP contribution in [0, 0.1) is 0 Å². The molecule has 0 amide bonds. The lowest BCUT2D eigenvalue weighted by Crippen LogP contribution is -2.46. The third kappa shape index (κ3) is 3.60. The van der Waals surface area contributed by atoms with E-state index in [1.807, 2.05) is 12.1 Å². The molecule has 2 N–H and O–H groups in total. The highest BCUT2D eigenvalue weighted by atomic mass is 32.2. The van der Waals surface area contributed by atoms with E-state index in [1.165, 1.54) is 32.7 Å². The highest BCUT2D eigenvalue weighted by Crippen LogP contribution is 2.40. The standard InChI is InChI=1S/C17H26N2O3S/c1-18-23(20,21)15-6-4-14(5-7-15)8-12-19-16-9-13-22-17(16)10-2-3-11-17/h4-7,16,18-19H,2-3,8-13H2,1H3. The second-order valence-electron chi connectivity index (χ2n) is 6.52. The molecule has 2 fully saturated rings. The molecule has 5 nitrogen and oxygen atoms in total. The maximum atomic E-state index is 11.7. The molecule has 1 heterocycles. The van der Waals surface area contributed by atoms with Crippen molar-refractivity contribution < 1.29 is 13.2 Å². The van der Waals surface area contributed by atoms with Gasteiger partial charge in [-0.1, -0.05) is 25.0 Å². The molecular weight excluding hydrogens is 312 g/mol. The average Bonchev–Trinajstić information content (AvgIpc) is 3.19. The smallest absolute Gasteiger partial charge is 0.240 e. The molecule has 1 aliphatic carbocycles. The molecule has 1 aromatic carbocycles. The van der Waals surface area contributed by atoms with Crippen molar-refractivity contribution in [3.05, 3.63) is 29.8 Å². The second-order valence-corrected chi connectivity index (χ2v) is 8.40. The highest BCUT2D eigenvalue weighted by Gasteiger charge is 2.45. The van der Waals surface area contributed by atoms with E-state index in [0.717, 1.165) is 31.6 Å². The van der Waals surface area contributed by atoms with Gasteiger partial charge in [-0.15, -0.1) is 0 Å². The van der Waals surface area contributed by atoms with Crippen LogP contribution in [-0.2, 0) is 21.2 Å². The van der Waals surface area contributed by atoms with Gasteiger partial charge in [0, 0.05) is 12.6 Å². The van der Waals surface area contributed by atoms with Crippen molar-refractivity contribution in [3.63, 3.8) is 0 Å². The van der Waals surface area contributed by atoms with E-state index in [2.05, 4.69) is 10.0 Å². The van der Waals surface area contributed by atoms with E-state index >= 15 is 0 Å². The number of benzene rings is 1. The molecule has 0 bridgehead atoms. The quantitative estimate of drug-likeness (QED) is 0.830. The Hall–Kier alpha value is -0.950. The monoisotopic (exact) mass is 338 g/mol. The van der Waals surface area contributed by atoms with Crippen LogP contribution in [0.2, 0.25) is 0 Å². The maximum absolute atomic E-state index is 11.7. The molecule has 128 valence electrons. The topological polar surface area (TPSA) is 67.4 Å². The maximum Gasteiger partial charge on any atom is 0.240 e. The zero-order chi connectivity index (χ0) is 16.3. The molecule has 1 atom stereocenters. The van der Waals surface area contributed by atoms with Crippen LogP contribution in [0.3, 0.4) is 0 Å². The normalized spacial score (nSPS) is 23.6. The third-order valence-electron chi connectivity index (χ3n) is 5.19. The second kappa shape index (κ2) is 6.89. The zero-order valence-electron chi connectivity index (χ0n) is 13.7. The van der Waals surface area contributed by atoms with Gasteiger partial charge in [0.1, 0.15) is 0 Å². The lowest BCUT2D eigenvalue weighted by atomic mass is 9.92. The summed E-state index contributed by atoms with van der Waals surface area (Å²) in [5, 5.41) is 3.66. The van der Waals surface area contributed by atoms with Gasteiger partial charge in [0.15, 0.2) is 0 Å². The number of hydrogen-bond donors (Lipinski definition) is 2. The van der Waals surface area contributed by atoms with Crippen molar-refractivity contribution >= 4 is 10.0 Å². The molecule has 1 saturated carbocycles. The first kappa shape index (κ1) is 16.9. The van der Waals surface area contributed by atoms with Crippen LogP contribution >= 0.6 is 0 Å². The number of rotatable bonds is 6. The summed E-state index contributed by atoms with van der Waals surface area (Å²) >= 11 is 0. The van der Waals surface area contributed by atoms with Crippen molar-refractivity contribution in [1.29, 1.82) is 0 Å². The summed E-state index contributed by atoms with van der Waals surface area (Å²) in [7, 11) is -1.92. The van der Waals surface area contributed by atoms with Gasteiger partial charge in [-0.05, 0) is 57.0 Å². The van der Waals surface area contributed by atoms with Gasteiger partial charge in [-0.2, -0.15) is 0 Å². The Balaban J connectivity index is 1.53. The molecule has 3 rings (SSSR count). The minimum atomic E-state index is -3.35. The summed E-state index contributed by atoms with van der Waals surface area (Å²) in [6, 6.07) is 7.58. The molecule has 0 radical (unpaired) electrons. The van der Waals surface area contributed by atoms with Crippen molar-refractivity contribution in [1.82, 2.24) is 10.0 Å². The van der Waals surface area contributed by atoms with Crippen LogP contribution in [0.5, 0.6) is 0 Å². The van der Waals surface area contributed by atoms with Crippen LogP contribution in [0.4, 0.5) is 0 Å². The van der Waals surface area contributed by atoms with Crippen molar-refractivity contribution in [2.24, 2.45) is 0 Å².